The molecule has 0 aromatic rings. The minimum absolute atomic E-state index is 0.0398. The summed E-state index contributed by atoms with van der Waals surface area (Å²) in [6.45, 7) is 17.4. The van der Waals surface area contributed by atoms with Gasteiger partial charge >= 0.3 is 5.97 Å². The van der Waals surface area contributed by atoms with E-state index in [0.717, 1.165) is 53.9 Å². The molecular formula is C31H50O2. The van der Waals surface area contributed by atoms with Gasteiger partial charge < -0.3 is 4.74 Å². The first-order chi connectivity index (χ1) is 15.6. The molecule has 0 amide bonds. The summed E-state index contributed by atoms with van der Waals surface area (Å²) in [5, 5.41) is 0. The first-order valence-electron chi connectivity index (χ1n) is 14.5. The van der Waals surface area contributed by atoms with Gasteiger partial charge in [0.05, 0.1) is 5.41 Å². The number of cyclic esters (lactones) is 1. The third-order valence-corrected chi connectivity index (χ3v) is 12.4. The third-order valence-electron chi connectivity index (χ3n) is 12.4. The summed E-state index contributed by atoms with van der Waals surface area (Å²) in [5.74, 6) is 6.10. The number of hydrogen-bond acceptors (Lipinski definition) is 2. The van der Waals surface area contributed by atoms with Crippen molar-refractivity contribution in [3.63, 3.8) is 0 Å². The first-order valence-corrected chi connectivity index (χ1v) is 14.5. The van der Waals surface area contributed by atoms with E-state index >= 15 is 0 Å². The predicted molar refractivity (Wildman–Crippen MR) is 136 cm³/mol. The van der Waals surface area contributed by atoms with Crippen molar-refractivity contribution >= 4 is 5.97 Å². The second-order valence-corrected chi connectivity index (χ2v) is 14.2. The van der Waals surface area contributed by atoms with Crippen molar-refractivity contribution in [1.82, 2.24) is 0 Å². The standard InChI is InChI=1S/C31H50O2/c1-20(2)8-7-9-21(3)25-12-13-26-24-11-10-23-18-31(22(4)19-33-28(31)32)17-16-29(23,5)27(24)14-15-30(25,26)6/h20-21,23-27H,4,7-19H2,1-3,5-6H3/t21-,23+,24+,25?,26+,27+,29+,30-,31-/m1/s1. The van der Waals surface area contributed by atoms with E-state index < -0.39 is 0 Å². The summed E-state index contributed by atoms with van der Waals surface area (Å²) < 4.78 is 5.48. The Morgan fingerprint density at radius 3 is 2.39 bits per heavy atom. The Bertz CT molecular complexity index is 766. The van der Waals surface area contributed by atoms with Crippen molar-refractivity contribution in [2.45, 2.75) is 112 Å². The number of carbonyl (C=O) groups is 1. The van der Waals surface area contributed by atoms with E-state index in [-0.39, 0.29) is 11.4 Å². The molecule has 2 heteroatoms. The third kappa shape index (κ3) is 3.58. The van der Waals surface area contributed by atoms with Crippen LogP contribution in [0, 0.1) is 57.7 Å². The SMILES string of the molecule is C=C1COC(=O)[C@@]12CC[C@@]1(C)[C@@H](CC[C@@H]3[C@@H]1CC[C@]1(C)C([C@H](C)CCCC(C)C)CC[C@@H]31)C2. The number of rotatable bonds is 5. The van der Waals surface area contributed by atoms with Gasteiger partial charge in [-0.3, -0.25) is 4.79 Å². The number of fused-ring (bicyclic) bond motifs is 5. The fourth-order valence-electron chi connectivity index (χ4n) is 10.4. The molecule has 1 saturated heterocycles. The van der Waals surface area contributed by atoms with Crippen LogP contribution in [0.25, 0.3) is 0 Å². The Kier molecular flexibility index (Phi) is 6.10. The summed E-state index contributed by atoms with van der Waals surface area (Å²) in [6.07, 6.45) is 16.0. The Hall–Kier alpha value is -0.790. The number of carbonyl (C=O) groups excluding carboxylic acids is 1. The average Bonchev–Trinajstić information content (AvgIpc) is 3.26. The lowest BCUT2D eigenvalue weighted by Gasteiger charge is -2.62. The molecule has 4 saturated carbocycles. The van der Waals surface area contributed by atoms with Crippen molar-refractivity contribution in [2.75, 3.05) is 6.61 Å². The lowest BCUT2D eigenvalue weighted by Crippen LogP contribution is -2.55. The van der Waals surface area contributed by atoms with Crippen molar-refractivity contribution < 1.29 is 9.53 Å². The van der Waals surface area contributed by atoms with Crippen molar-refractivity contribution in [3.05, 3.63) is 12.2 Å². The van der Waals surface area contributed by atoms with Gasteiger partial charge in [0.15, 0.2) is 0 Å². The number of ether oxygens (including phenoxy) is 1. The van der Waals surface area contributed by atoms with Crippen LogP contribution in [0.15, 0.2) is 12.2 Å². The molecule has 9 atom stereocenters. The second kappa shape index (κ2) is 8.41. The molecule has 0 bridgehead atoms. The van der Waals surface area contributed by atoms with E-state index in [1.807, 2.05) is 0 Å². The molecule has 33 heavy (non-hydrogen) atoms. The molecule has 1 spiro atoms. The lowest BCUT2D eigenvalue weighted by molar-refractivity contribution is -0.158. The fraction of sp³-hybridized carbons (Fsp3) is 0.903. The molecule has 4 aliphatic carbocycles. The molecule has 1 aliphatic heterocycles. The number of hydrogen-bond donors (Lipinski definition) is 0. The van der Waals surface area contributed by atoms with E-state index in [1.165, 1.54) is 64.2 Å². The van der Waals surface area contributed by atoms with Crippen LogP contribution in [0.1, 0.15) is 112 Å². The van der Waals surface area contributed by atoms with Gasteiger partial charge in [0.2, 0.25) is 0 Å². The summed E-state index contributed by atoms with van der Waals surface area (Å²) in [6, 6.07) is 0. The molecule has 5 fully saturated rings. The molecule has 0 radical (unpaired) electrons. The van der Waals surface area contributed by atoms with Gasteiger partial charge in [-0.05, 0) is 116 Å². The van der Waals surface area contributed by atoms with Crippen LogP contribution in [0.2, 0.25) is 0 Å². The van der Waals surface area contributed by atoms with Crippen molar-refractivity contribution in [3.8, 4) is 0 Å². The summed E-state index contributed by atoms with van der Waals surface area (Å²) in [5.41, 5.74) is 1.71. The number of esters is 1. The van der Waals surface area contributed by atoms with Crippen LogP contribution in [-0.2, 0) is 9.53 Å². The summed E-state index contributed by atoms with van der Waals surface area (Å²) >= 11 is 0. The van der Waals surface area contributed by atoms with Crippen LogP contribution in [0.4, 0.5) is 0 Å². The smallest absolute Gasteiger partial charge is 0.316 e. The first kappa shape index (κ1) is 23.9. The minimum Gasteiger partial charge on any atom is -0.460 e. The van der Waals surface area contributed by atoms with Crippen LogP contribution in [-0.4, -0.2) is 12.6 Å². The molecule has 186 valence electrons. The van der Waals surface area contributed by atoms with Crippen LogP contribution in [0.3, 0.4) is 0 Å². The van der Waals surface area contributed by atoms with Crippen LogP contribution >= 0.6 is 0 Å². The highest BCUT2D eigenvalue weighted by Gasteiger charge is 2.63. The monoisotopic (exact) mass is 454 g/mol. The maximum atomic E-state index is 12.7. The van der Waals surface area contributed by atoms with Gasteiger partial charge in [-0.15, -0.1) is 0 Å². The quantitative estimate of drug-likeness (QED) is 0.309. The minimum atomic E-state index is -0.343. The van der Waals surface area contributed by atoms with E-state index in [1.54, 1.807) is 0 Å². The zero-order valence-electron chi connectivity index (χ0n) is 22.3. The molecule has 0 aromatic heterocycles. The van der Waals surface area contributed by atoms with Gasteiger partial charge in [-0.1, -0.05) is 60.5 Å². The van der Waals surface area contributed by atoms with E-state index in [4.69, 9.17) is 4.74 Å². The molecule has 5 rings (SSSR count). The molecule has 1 heterocycles. The largest absolute Gasteiger partial charge is 0.460 e. The van der Waals surface area contributed by atoms with Crippen molar-refractivity contribution in [1.29, 1.82) is 0 Å². The van der Waals surface area contributed by atoms with Gasteiger partial charge in [0.25, 0.3) is 0 Å². The molecule has 0 aromatic carbocycles. The van der Waals surface area contributed by atoms with Gasteiger partial charge in [-0.25, -0.2) is 0 Å². The molecule has 1 unspecified atom stereocenters. The van der Waals surface area contributed by atoms with Crippen LogP contribution < -0.4 is 0 Å². The average molecular weight is 455 g/mol. The molecule has 2 nitrogen and oxygen atoms in total. The fourth-order valence-corrected chi connectivity index (χ4v) is 10.4. The predicted octanol–water partition coefficient (Wildman–Crippen LogP) is 8.21. The Balaban J connectivity index is 1.30. The Labute approximate surface area is 203 Å². The van der Waals surface area contributed by atoms with E-state index in [0.29, 0.717) is 23.4 Å². The zero-order chi connectivity index (χ0) is 23.6. The Morgan fingerprint density at radius 1 is 0.939 bits per heavy atom. The maximum absolute atomic E-state index is 12.7. The molecule has 0 N–H and O–H groups in total. The van der Waals surface area contributed by atoms with Crippen LogP contribution in [0.5, 0.6) is 0 Å². The molecular weight excluding hydrogens is 404 g/mol. The summed E-state index contributed by atoms with van der Waals surface area (Å²) in [4.78, 5) is 12.7. The normalized spacial score (nSPS) is 47.9. The second-order valence-electron chi connectivity index (χ2n) is 14.2. The topological polar surface area (TPSA) is 26.3 Å². The maximum Gasteiger partial charge on any atom is 0.316 e. The lowest BCUT2D eigenvalue weighted by atomic mass is 9.42. The van der Waals surface area contributed by atoms with Gasteiger partial charge in [-0.2, -0.15) is 0 Å². The van der Waals surface area contributed by atoms with Gasteiger partial charge in [0.1, 0.15) is 6.61 Å². The van der Waals surface area contributed by atoms with Gasteiger partial charge in [0, 0.05) is 0 Å². The molecule has 5 aliphatic rings. The van der Waals surface area contributed by atoms with Crippen molar-refractivity contribution in [2.24, 2.45) is 57.7 Å². The summed E-state index contributed by atoms with van der Waals surface area (Å²) in [7, 11) is 0. The zero-order valence-corrected chi connectivity index (χ0v) is 22.3. The highest BCUT2D eigenvalue weighted by Crippen LogP contribution is 2.70. The highest BCUT2D eigenvalue weighted by atomic mass is 16.5. The Morgan fingerprint density at radius 2 is 1.70 bits per heavy atom. The highest BCUT2D eigenvalue weighted by molar-refractivity contribution is 5.83. The van der Waals surface area contributed by atoms with E-state index in [2.05, 4.69) is 41.2 Å². The van der Waals surface area contributed by atoms with E-state index in [9.17, 15) is 4.79 Å².